The number of hydrogen-bond donors (Lipinski definition) is 2. The summed E-state index contributed by atoms with van der Waals surface area (Å²) in [6.45, 7) is -1.62. The molecule has 5 rings (SSSR count). The Morgan fingerprint density at radius 1 is 1.24 bits per heavy atom. The maximum absolute atomic E-state index is 15.7. The van der Waals surface area contributed by atoms with Gasteiger partial charge in [-0.1, -0.05) is 6.07 Å². The number of carbonyl (C=O) groups is 2. The van der Waals surface area contributed by atoms with Crippen molar-refractivity contribution in [3.63, 3.8) is 0 Å². The lowest BCUT2D eigenvalue weighted by Gasteiger charge is -2.39. The molecule has 17 heteroatoms. The third kappa shape index (κ3) is 5.24. The minimum absolute atomic E-state index is 0.0232. The highest BCUT2D eigenvalue weighted by Crippen LogP contribution is 2.52. The van der Waals surface area contributed by atoms with Gasteiger partial charge in [-0.25, -0.2) is 22.2 Å². The Morgan fingerprint density at radius 2 is 1.98 bits per heavy atom. The average molecular weight is 611 g/mol. The van der Waals surface area contributed by atoms with Crippen LogP contribution in [0.15, 0.2) is 36.5 Å². The summed E-state index contributed by atoms with van der Waals surface area (Å²) >= 11 is 0. The number of hydrogen-bond acceptors (Lipinski definition) is 8. The molecule has 3 aromatic rings. The fraction of sp³-hybridized carbons (Fsp3) is 0.320. The first-order chi connectivity index (χ1) is 19.5. The van der Waals surface area contributed by atoms with Crippen molar-refractivity contribution in [2.24, 2.45) is 0 Å². The fourth-order valence-corrected chi connectivity index (χ4v) is 5.55. The van der Waals surface area contributed by atoms with E-state index in [2.05, 4.69) is 20.7 Å². The Morgan fingerprint density at radius 3 is 2.60 bits per heavy atom. The normalized spacial score (nSPS) is 19.0. The summed E-state index contributed by atoms with van der Waals surface area (Å²) in [7, 11) is -3.80. The van der Waals surface area contributed by atoms with E-state index in [0.717, 1.165) is 29.1 Å². The first kappa shape index (κ1) is 28.9. The zero-order valence-electron chi connectivity index (χ0n) is 21.4. The van der Waals surface area contributed by atoms with Crippen LogP contribution in [0.3, 0.4) is 0 Å². The zero-order chi connectivity index (χ0) is 30.7. The number of ether oxygens (including phenoxy) is 1. The van der Waals surface area contributed by atoms with Gasteiger partial charge in [0.15, 0.2) is 28.1 Å². The van der Waals surface area contributed by atoms with Gasteiger partial charge in [0.05, 0.1) is 11.3 Å². The zero-order valence-corrected chi connectivity index (χ0v) is 22.2. The molecule has 1 aliphatic carbocycles. The lowest BCUT2D eigenvalue weighted by molar-refractivity contribution is -0.153. The quantitative estimate of drug-likeness (QED) is 0.403. The number of amides is 2. The Hall–Kier alpha value is -4.59. The lowest BCUT2D eigenvalue weighted by atomic mass is 9.80. The van der Waals surface area contributed by atoms with E-state index < -0.39 is 64.5 Å². The number of nitriles is 1. The van der Waals surface area contributed by atoms with Gasteiger partial charge in [0, 0.05) is 25.3 Å². The molecule has 0 fully saturated rings. The molecule has 42 heavy (non-hydrogen) atoms. The fourth-order valence-electron chi connectivity index (χ4n) is 5.00. The van der Waals surface area contributed by atoms with Crippen LogP contribution in [-0.2, 0) is 33.0 Å². The van der Waals surface area contributed by atoms with Gasteiger partial charge in [-0.3, -0.25) is 9.59 Å². The van der Waals surface area contributed by atoms with Gasteiger partial charge in [-0.05, 0) is 35.4 Å². The summed E-state index contributed by atoms with van der Waals surface area (Å²) < 4.78 is 98.2. The number of carbonyl (C=O) groups excluding carboxylic acids is 2. The highest BCUT2D eigenvalue weighted by molar-refractivity contribution is 7.91. The maximum atomic E-state index is 15.7. The summed E-state index contributed by atoms with van der Waals surface area (Å²) in [6, 6.07) is 7.84. The molecule has 1 spiro atoms. The Kier molecular flexibility index (Phi) is 6.72. The number of alkyl halides is 5. The van der Waals surface area contributed by atoms with E-state index in [1.54, 1.807) is 0 Å². The molecule has 1 aliphatic heterocycles. The van der Waals surface area contributed by atoms with Crippen molar-refractivity contribution in [2.45, 2.75) is 30.5 Å². The Balaban J connectivity index is 1.59. The SMILES string of the molecule is CS(=O)(=O)CC(=O)Nc1c2c(nn1-c1ccc(C#N)cn1)C[C@]1(NC2=O)c2ccc(OCC(F)(F)F)cc2CC1(F)F. The molecule has 2 aliphatic rings. The standard InChI is InChI=1S/C25H19F5N6O5S/c1-42(39,40)11-19(37)33-21-20-17(35-36(21)18-5-2-13(9-31)10-32-18)8-23(34-22(20)38)16-4-3-15(41-12-25(28,29)30)6-14(16)7-24(23,26)27/h2-6,10H,7-8,11-12H2,1H3,(H,33,37)(H,34,38)/t23-/m0/s1. The van der Waals surface area contributed by atoms with Crippen molar-refractivity contribution in [2.75, 3.05) is 23.9 Å². The monoisotopic (exact) mass is 610 g/mol. The summed E-state index contributed by atoms with van der Waals surface area (Å²) in [5.74, 6) is -7.33. The summed E-state index contributed by atoms with van der Waals surface area (Å²) in [6.07, 6.45) is -4.18. The van der Waals surface area contributed by atoms with E-state index >= 15 is 8.78 Å². The largest absolute Gasteiger partial charge is 0.484 e. The van der Waals surface area contributed by atoms with Crippen molar-refractivity contribution in [3.8, 4) is 17.6 Å². The minimum atomic E-state index is -4.64. The first-order valence-corrected chi connectivity index (χ1v) is 14.1. The highest BCUT2D eigenvalue weighted by atomic mass is 32.2. The van der Waals surface area contributed by atoms with Crippen LogP contribution in [-0.4, -0.2) is 65.7 Å². The first-order valence-electron chi connectivity index (χ1n) is 12.0. The van der Waals surface area contributed by atoms with Gasteiger partial charge < -0.3 is 15.4 Å². The minimum Gasteiger partial charge on any atom is -0.484 e. The molecule has 220 valence electrons. The lowest BCUT2D eigenvalue weighted by Crippen LogP contribution is -2.59. The molecule has 1 atom stereocenters. The molecule has 0 bridgehead atoms. The topological polar surface area (TPSA) is 156 Å². The van der Waals surface area contributed by atoms with Crippen LogP contribution in [0.2, 0.25) is 0 Å². The third-order valence-electron chi connectivity index (χ3n) is 6.67. The molecule has 0 saturated carbocycles. The number of aromatic nitrogens is 3. The number of nitrogens with zero attached hydrogens (tertiary/aromatic N) is 4. The Bertz CT molecular complexity index is 1770. The number of sulfone groups is 1. The number of halogens is 5. The molecule has 2 amide bonds. The molecule has 0 saturated heterocycles. The molecule has 3 heterocycles. The van der Waals surface area contributed by atoms with E-state index in [1.807, 2.05) is 6.07 Å². The van der Waals surface area contributed by atoms with Crippen LogP contribution in [0.25, 0.3) is 5.82 Å². The van der Waals surface area contributed by atoms with Gasteiger partial charge in [0.25, 0.3) is 11.8 Å². The van der Waals surface area contributed by atoms with Crippen LogP contribution in [0.4, 0.5) is 27.8 Å². The molecule has 2 N–H and O–H groups in total. The van der Waals surface area contributed by atoms with Crippen LogP contribution in [0.5, 0.6) is 5.75 Å². The number of fused-ring (bicyclic) bond motifs is 3. The van der Waals surface area contributed by atoms with Gasteiger partial charge in [-0.15, -0.1) is 0 Å². The van der Waals surface area contributed by atoms with Crippen LogP contribution in [0, 0.1) is 11.3 Å². The summed E-state index contributed by atoms with van der Waals surface area (Å²) in [4.78, 5) is 30.1. The number of benzene rings is 1. The average Bonchev–Trinajstić information content (AvgIpc) is 3.33. The van der Waals surface area contributed by atoms with Crippen molar-refractivity contribution >= 4 is 27.5 Å². The van der Waals surface area contributed by atoms with Crippen LogP contribution >= 0.6 is 0 Å². The number of nitrogens with one attached hydrogen (secondary N) is 2. The molecule has 11 nitrogen and oxygen atoms in total. The second-order valence-corrected chi connectivity index (χ2v) is 12.0. The van der Waals surface area contributed by atoms with Crippen LogP contribution < -0.4 is 15.4 Å². The van der Waals surface area contributed by atoms with Gasteiger partial charge >= 0.3 is 6.18 Å². The van der Waals surface area contributed by atoms with Crippen molar-refractivity contribution in [1.29, 1.82) is 5.26 Å². The highest BCUT2D eigenvalue weighted by Gasteiger charge is 2.63. The molecule has 2 aromatic heterocycles. The molecule has 0 unspecified atom stereocenters. The smallest absolute Gasteiger partial charge is 0.422 e. The predicted molar refractivity (Wildman–Crippen MR) is 134 cm³/mol. The predicted octanol–water partition coefficient (Wildman–Crippen LogP) is 2.44. The molecule has 0 radical (unpaired) electrons. The van der Waals surface area contributed by atoms with Crippen molar-refractivity contribution < 1.29 is 44.7 Å². The summed E-state index contributed by atoms with van der Waals surface area (Å²) in [5.41, 5.74) is -2.79. The van der Waals surface area contributed by atoms with E-state index in [1.165, 1.54) is 18.3 Å². The number of rotatable bonds is 6. The second kappa shape index (κ2) is 9.76. The molecular weight excluding hydrogens is 591 g/mol. The van der Waals surface area contributed by atoms with Gasteiger partial charge in [0.1, 0.15) is 28.7 Å². The number of anilines is 1. The summed E-state index contributed by atoms with van der Waals surface area (Å²) in [5, 5.41) is 18.0. The van der Waals surface area contributed by atoms with E-state index in [4.69, 9.17) is 10.00 Å². The third-order valence-corrected chi connectivity index (χ3v) is 7.45. The molecular formula is C25H19F5N6O5S. The maximum Gasteiger partial charge on any atom is 0.422 e. The van der Waals surface area contributed by atoms with E-state index in [0.29, 0.717) is 0 Å². The second-order valence-electron chi connectivity index (χ2n) is 9.86. The van der Waals surface area contributed by atoms with Crippen molar-refractivity contribution in [3.05, 3.63) is 64.5 Å². The number of pyridine rings is 1. The van der Waals surface area contributed by atoms with E-state index in [-0.39, 0.29) is 45.3 Å². The molecule has 1 aromatic carbocycles. The van der Waals surface area contributed by atoms with E-state index in [9.17, 15) is 31.2 Å². The van der Waals surface area contributed by atoms with Gasteiger partial charge in [0.2, 0.25) is 5.91 Å². The Labute approximate surface area is 234 Å². The van der Waals surface area contributed by atoms with Crippen molar-refractivity contribution in [1.82, 2.24) is 20.1 Å². The van der Waals surface area contributed by atoms with Crippen LogP contribution in [0.1, 0.15) is 32.7 Å². The van der Waals surface area contributed by atoms with Gasteiger partial charge in [-0.2, -0.15) is 28.2 Å².